The minimum atomic E-state index is -0.513. The topological polar surface area (TPSA) is 80.5 Å². The zero-order valence-corrected chi connectivity index (χ0v) is 14.9. The molecule has 6 nitrogen and oxygen atoms in total. The molecule has 23 heavy (non-hydrogen) atoms. The summed E-state index contributed by atoms with van der Waals surface area (Å²) in [6, 6.07) is 5.73. The smallest absolute Gasteiger partial charge is 0.407 e. The zero-order valence-electron chi connectivity index (χ0n) is 14.9. The molecule has 1 aromatic heterocycles. The molecule has 0 aromatic carbocycles. The first-order valence-electron chi connectivity index (χ1n) is 8.10. The number of alkyl carbamates (subject to hydrolysis) is 1. The molecule has 2 unspecified atom stereocenters. The fraction of sp³-hybridized carbons (Fsp3) is 0.647. The Morgan fingerprint density at radius 2 is 2.13 bits per heavy atom. The van der Waals surface area contributed by atoms with Gasteiger partial charge in [0, 0.05) is 31.4 Å². The maximum absolute atomic E-state index is 12.0. The molecule has 0 bridgehead atoms. The van der Waals surface area contributed by atoms with Gasteiger partial charge in [-0.05, 0) is 46.4 Å². The van der Waals surface area contributed by atoms with Gasteiger partial charge in [0.25, 0.3) is 0 Å². The summed E-state index contributed by atoms with van der Waals surface area (Å²) in [6.07, 6.45) is 1.36. The van der Waals surface area contributed by atoms with Crippen molar-refractivity contribution < 1.29 is 9.53 Å². The van der Waals surface area contributed by atoms with Gasteiger partial charge >= 0.3 is 6.09 Å². The van der Waals surface area contributed by atoms with Gasteiger partial charge < -0.3 is 15.8 Å². The molecule has 0 aliphatic heterocycles. The average Bonchev–Trinajstić information content (AvgIpc) is 2.45. The van der Waals surface area contributed by atoms with Crippen molar-refractivity contribution in [2.45, 2.75) is 58.8 Å². The predicted molar refractivity (Wildman–Crippen MR) is 92.0 cm³/mol. The molecule has 3 N–H and O–H groups in total. The van der Waals surface area contributed by atoms with E-state index in [9.17, 15) is 4.79 Å². The number of nitrogens with one attached hydrogen (secondary N) is 1. The number of ether oxygens (including phenoxy) is 1. The van der Waals surface area contributed by atoms with Crippen molar-refractivity contribution >= 4 is 6.09 Å². The third-order valence-corrected chi connectivity index (χ3v) is 3.53. The van der Waals surface area contributed by atoms with Gasteiger partial charge in [0.15, 0.2) is 0 Å². The van der Waals surface area contributed by atoms with Crippen LogP contribution in [-0.2, 0) is 11.3 Å². The van der Waals surface area contributed by atoms with Gasteiger partial charge in [0.1, 0.15) is 5.60 Å². The number of likely N-dealkylation sites (N-methyl/N-ethyl adjacent to an activating group) is 1. The molecule has 130 valence electrons. The van der Waals surface area contributed by atoms with Crippen LogP contribution in [0.2, 0.25) is 0 Å². The quantitative estimate of drug-likeness (QED) is 0.804. The second kappa shape index (κ2) is 8.84. The van der Waals surface area contributed by atoms with E-state index >= 15 is 0 Å². The van der Waals surface area contributed by atoms with Gasteiger partial charge in [-0.2, -0.15) is 0 Å². The van der Waals surface area contributed by atoms with E-state index in [2.05, 4.69) is 22.1 Å². The van der Waals surface area contributed by atoms with Crippen LogP contribution in [-0.4, -0.2) is 46.8 Å². The monoisotopic (exact) mass is 322 g/mol. The number of carbonyl (C=O) groups is 1. The van der Waals surface area contributed by atoms with E-state index in [1.807, 2.05) is 45.9 Å². The lowest BCUT2D eigenvalue weighted by molar-refractivity contribution is 0.0468. The van der Waals surface area contributed by atoms with Crippen LogP contribution < -0.4 is 11.1 Å². The Bertz CT molecular complexity index is 473. The lowest BCUT2D eigenvalue weighted by atomic mass is 10.1. The molecule has 1 aromatic rings. The third-order valence-electron chi connectivity index (χ3n) is 3.53. The number of hydrogen-bond donors (Lipinski definition) is 2. The summed E-state index contributed by atoms with van der Waals surface area (Å²) in [7, 11) is 0. The summed E-state index contributed by atoms with van der Waals surface area (Å²) in [5.74, 6) is 0. The van der Waals surface area contributed by atoms with Crippen LogP contribution in [0.3, 0.4) is 0 Å². The van der Waals surface area contributed by atoms with E-state index in [1.54, 1.807) is 6.20 Å². The Balaban J connectivity index is 2.69. The molecule has 6 heteroatoms. The Hall–Kier alpha value is -1.66. The SMILES string of the molecule is CCN(Cc1ccccn1)C(CN)C(C)NC(=O)OC(C)(C)C. The Kier molecular flexibility index (Phi) is 7.45. The fourth-order valence-electron chi connectivity index (χ4n) is 2.42. The molecule has 2 atom stereocenters. The number of aromatic nitrogens is 1. The minimum Gasteiger partial charge on any atom is -0.444 e. The molecule has 0 radical (unpaired) electrons. The highest BCUT2D eigenvalue weighted by molar-refractivity contribution is 5.68. The molecule has 0 aliphatic carbocycles. The molecule has 0 saturated heterocycles. The van der Waals surface area contributed by atoms with Crippen molar-refractivity contribution in [3.8, 4) is 0 Å². The Morgan fingerprint density at radius 3 is 2.61 bits per heavy atom. The summed E-state index contributed by atoms with van der Waals surface area (Å²) in [5.41, 5.74) is 6.42. The lowest BCUT2D eigenvalue weighted by Gasteiger charge is -2.34. The van der Waals surface area contributed by atoms with Crippen LogP contribution in [0.1, 0.15) is 40.3 Å². The average molecular weight is 322 g/mol. The van der Waals surface area contributed by atoms with Crippen LogP contribution >= 0.6 is 0 Å². The summed E-state index contributed by atoms with van der Waals surface area (Å²) < 4.78 is 5.31. The summed E-state index contributed by atoms with van der Waals surface area (Å²) in [5, 5.41) is 2.88. The summed E-state index contributed by atoms with van der Waals surface area (Å²) in [6.45, 7) is 11.5. The van der Waals surface area contributed by atoms with Crippen LogP contribution in [0, 0.1) is 0 Å². The van der Waals surface area contributed by atoms with Gasteiger partial charge in [0.2, 0.25) is 0 Å². The van der Waals surface area contributed by atoms with Crippen molar-refractivity contribution in [1.29, 1.82) is 0 Å². The summed E-state index contributed by atoms with van der Waals surface area (Å²) >= 11 is 0. The molecule has 1 heterocycles. The van der Waals surface area contributed by atoms with Crippen LogP contribution in [0.25, 0.3) is 0 Å². The molecule has 0 spiro atoms. The largest absolute Gasteiger partial charge is 0.444 e. The number of nitrogens with two attached hydrogens (primary N) is 1. The highest BCUT2D eigenvalue weighted by Crippen LogP contribution is 2.11. The fourth-order valence-corrected chi connectivity index (χ4v) is 2.42. The molecule has 1 amide bonds. The van der Waals surface area contributed by atoms with E-state index in [-0.39, 0.29) is 12.1 Å². The van der Waals surface area contributed by atoms with Crippen molar-refractivity contribution in [2.24, 2.45) is 5.73 Å². The van der Waals surface area contributed by atoms with E-state index < -0.39 is 11.7 Å². The molecule has 0 saturated carbocycles. The second-order valence-corrected chi connectivity index (χ2v) is 6.62. The highest BCUT2D eigenvalue weighted by atomic mass is 16.6. The number of hydrogen-bond acceptors (Lipinski definition) is 5. The minimum absolute atomic E-state index is 0.00882. The predicted octanol–water partition coefficient (Wildman–Crippen LogP) is 2.14. The summed E-state index contributed by atoms with van der Waals surface area (Å²) in [4.78, 5) is 18.5. The van der Waals surface area contributed by atoms with E-state index in [4.69, 9.17) is 10.5 Å². The first-order chi connectivity index (χ1) is 10.8. The van der Waals surface area contributed by atoms with E-state index in [0.29, 0.717) is 13.1 Å². The first kappa shape index (κ1) is 19.4. The maximum atomic E-state index is 12.0. The first-order valence-corrected chi connectivity index (χ1v) is 8.10. The normalized spacial score (nSPS) is 14.4. The molecular weight excluding hydrogens is 292 g/mol. The standard InChI is InChI=1S/C17H30N4O2/c1-6-21(12-14-9-7-8-10-19-14)15(11-18)13(2)20-16(22)23-17(3,4)5/h7-10,13,15H,6,11-12,18H2,1-5H3,(H,20,22). The van der Waals surface area contributed by atoms with E-state index in [1.165, 1.54) is 0 Å². The number of rotatable bonds is 7. The Labute approximate surface area is 139 Å². The maximum Gasteiger partial charge on any atom is 0.407 e. The van der Waals surface area contributed by atoms with E-state index in [0.717, 1.165) is 12.2 Å². The van der Waals surface area contributed by atoms with Crippen LogP contribution in [0.15, 0.2) is 24.4 Å². The molecule has 1 rings (SSSR count). The molecule has 0 fully saturated rings. The van der Waals surface area contributed by atoms with Crippen LogP contribution in [0.5, 0.6) is 0 Å². The third kappa shape index (κ3) is 6.97. The van der Waals surface area contributed by atoms with Gasteiger partial charge in [-0.1, -0.05) is 13.0 Å². The van der Waals surface area contributed by atoms with Crippen molar-refractivity contribution in [2.75, 3.05) is 13.1 Å². The zero-order chi connectivity index (χ0) is 17.5. The van der Waals surface area contributed by atoms with Crippen molar-refractivity contribution in [3.05, 3.63) is 30.1 Å². The number of carbonyl (C=O) groups excluding carboxylic acids is 1. The van der Waals surface area contributed by atoms with Gasteiger partial charge in [-0.3, -0.25) is 9.88 Å². The van der Waals surface area contributed by atoms with Crippen molar-refractivity contribution in [1.82, 2.24) is 15.2 Å². The van der Waals surface area contributed by atoms with Gasteiger partial charge in [-0.25, -0.2) is 4.79 Å². The molecule has 0 aliphatic rings. The molecular formula is C17H30N4O2. The van der Waals surface area contributed by atoms with Gasteiger partial charge in [-0.15, -0.1) is 0 Å². The Morgan fingerprint density at radius 1 is 1.43 bits per heavy atom. The number of nitrogens with zero attached hydrogens (tertiary/aromatic N) is 2. The second-order valence-electron chi connectivity index (χ2n) is 6.62. The van der Waals surface area contributed by atoms with Crippen molar-refractivity contribution in [3.63, 3.8) is 0 Å². The van der Waals surface area contributed by atoms with Gasteiger partial charge in [0.05, 0.1) is 5.69 Å². The number of pyridine rings is 1. The lowest BCUT2D eigenvalue weighted by Crippen LogP contribution is -2.54. The highest BCUT2D eigenvalue weighted by Gasteiger charge is 2.26. The van der Waals surface area contributed by atoms with Crippen LogP contribution in [0.4, 0.5) is 4.79 Å². The number of amides is 1.